The highest BCUT2D eigenvalue weighted by molar-refractivity contribution is 7.20. The van der Waals surface area contributed by atoms with Gasteiger partial charge in [0.15, 0.2) is 8.07 Å². The van der Waals surface area contributed by atoms with Crippen molar-refractivity contribution in [2.24, 2.45) is 0 Å². The molecule has 2 aromatic heterocycles. The summed E-state index contributed by atoms with van der Waals surface area (Å²) >= 11 is 8.09. The molecule has 0 N–H and O–H groups in total. The molecule has 0 radical (unpaired) electrons. The Morgan fingerprint density at radius 2 is 0.653 bits per heavy atom. The Kier molecular flexibility index (Phi) is 10.6. The average Bonchev–Trinajstić information content (AvgIpc) is 0.950. The van der Waals surface area contributed by atoms with E-state index in [0.29, 0.717) is 76.4 Å². The summed E-state index contributed by atoms with van der Waals surface area (Å²) in [5, 5.41) is 8.83. The van der Waals surface area contributed by atoms with Crippen LogP contribution in [0.3, 0.4) is 0 Å². The lowest BCUT2D eigenvalue weighted by molar-refractivity contribution is 1.14. The van der Waals surface area contributed by atoms with Crippen LogP contribution < -0.4 is 37.1 Å². The quantitative estimate of drug-likeness (QED) is 0.106. The first kappa shape index (κ1) is 45.3. The van der Waals surface area contributed by atoms with Crippen molar-refractivity contribution in [3.8, 4) is 55.9 Å². The molecule has 18 aromatic rings. The zero-order chi connectivity index (χ0) is 79.8. The SMILES string of the molecule is [2H]c1c([2H])c([2H])c(-c2c([2H])c3c4c(c2[2H])-n2c5c(-c6ccccc6)cccc5c5ccccc5c5ccccc5c5c(Cl)c([2H])c([2H])c(c52)B4c2c([2H])c(-c4c([2H])c([2H])c([Si](c5ccccc5)(c5ccccc5)c5ccccc5)c([2H])c4[2H])c([2H])c4c5ccccc5c5ccccc5c5cccc(-c6ccccc6)c5n-3c24)c([2H])c1[2H]. The molecule has 470 valence electrons. The van der Waals surface area contributed by atoms with Crippen LogP contribution in [0.2, 0.25) is 5.02 Å². The van der Waals surface area contributed by atoms with Crippen LogP contribution in [0.15, 0.2) is 376 Å². The maximum Gasteiger partial charge on any atom is 0.252 e. The topological polar surface area (TPSA) is 9.86 Å². The molecule has 0 saturated carbocycles. The maximum absolute atomic E-state index is 12.0. The molecule has 101 heavy (non-hydrogen) atoms. The van der Waals surface area contributed by atoms with E-state index in [1.807, 2.05) is 294 Å². The third-order valence-corrected chi connectivity index (χ3v) is 25.4. The number of rotatable bonds is 8. The van der Waals surface area contributed by atoms with Crippen LogP contribution in [-0.4, -0.2) is 23.9 Å². The van der Waals surface area contributed by atoms with Gasteiger partial charge < -0.3 is 9.13 Å². The zero-order valence-electron chi connectivity index (χ0n) is 69.0. The number of halogens is 1. The molecule has 0 amide bonds. The molecule has 20 rings (SSSR count). The van der Waals surface area contributed by atoms with Gasteiger partial charge in [-0.1, -0.05) is 363 Å². The van der Waals surface area contributed by atoms with Gasteiger partial charge in [-0.2, -0.15) is 0 Å². The summed E-state index contributed by atoms with van der Waals surface area (Å²) in [5.74, 6) is 0. The molecule has 0 atom stereocenters. The summed E-state index contributed by atoms with van der Waals surface area (Å²) in [6, 6.07) is 82.7. The highest BCUT2D eigenvalue weighted by Crippen LogP contribution is 2.46. The van der Waals surface area contributed by atoms with E-state index < -0.39 is 111 Å². The Morgan fingerprint density at radius 3 is 1.14 bits per heavy atom. The largest absolute Gasteiger partial charge is 0.310 e. The first-order chi connectivity index (χ1) is 56.4. The normalized spacial score (nSPS) is 14.3. The lowest BCUT2D eigenvalue weighted by atomic mass is 9.34. The van der Waals surface area contributed by atoms with E-state index in [0.717, 1.165) is 26.3 Å². The minimum Gasteiger partial charge on any atom is -0.310 e. The molecule has 0 saturated heterocycles. The molecule has 4 heterocycles. The van der Waals surface area contributed by atoms with Gasteiger partial charge in [-0.05, 0) is 138 Å². The van der Waals surface area contributed by atoms with Gasteiger partial charge in [-0.15, -0.1) is 0 Å². The molecule has 0 bridgehead atoms. The van der Waals surface area contributed by atoms with E-state index >= 15 is 0 Å². The van der Waals surface area contributed by atoms with Gasteiger partial charge in [0.25, 0.3) is 6.71 Å². The molecular formula is C96H62BClN2Si. The fraction of sp³-hybridized carbons (Fsp3) is 0. The summed E-state index contributed by atoms with van der Waals surface area (Å²) < 4.78 is 164. The molecule has 2 aliphatic heterocycles. The lowest BCUT2D eigenvalue weighted by Crippen LogP contribution is -2.74. The number of fused-ring (bicyclic) bond motifs is 18. The van der Waals surface area contributed by atoms with Gasteiger partial charge in [-0.25, -0.2) is 0 Å². The second-order valence-corrected chi connectivity index (χ2v) is 29.8. The van der Waals surface area contributed by atoms with Gasteiger partial charge >= 0.3 is 0 Å². The monoisotopic (exact) mass is 1330 g/mol. The molecule has 16 aromatic carbocycles. The van der Waals surface area contributed by atoms with E-state index in [2.05, 4.69) is 0 Å². The number of hydrogen-bond acceptors (Lipinski definition) is 0. The number of para-hydroxylation sites is 2. The number of benzene rings is 16. The fourth-order valence-corrected chi connectivity index (χ4v) is 21.0. The summed E-state index contributed by atoms with van der Waals surface area (Å²) in [6.45, 7) is -1.63. The molecular weight excluding hydrogens is 1260 g/mol. The van der Waals surface area contributed by atoms with Gasteiger partial charge in [0, 0.05) is 49.6 Å². The van der Waals surface area contributed by atoms with E-state index in [1.165, 1.54) is 0 Å². The van der Waals surface area contributed by atoms with Crippen LogP contribution in [0.5, 0.6) is 0 Å². The van der Waals surface area contributed by atoms with Gasteiger partial charge in [-0.3, -0.25) is 0 Å². The van der Waals surface area contributed by atoms with Crippen molar-refractivity contribution in [3.63, 3.8) is 0 Å². The van der Waals surface area contributed by atoms with Crippen LogP contribution in [0.4, 0.5) is 0 Å². The van der Waals surface area contributed by atoms with Crippen LogP contribution in [0.1, 0.15) is 20.6 Å². The summed E-state index contributed by atoms with van der Waals surface area (Å²) in [6.07, 6.45) is 0. The Hall–Kier alpha value is -12.3. The highest BCUT2D eigenvalue weighted by Gasteiger charge is 2.43. The first-order valence-electron chi connectivity index (χ1n) is 41.2. The number of aromatic nitrogens is 2. The van der Waals surface area contributed by atoms with Crippen molar-refractivity contribution < 1.29 is 20.6 Å². The fourth-order valence-electron chi connectivity index (χ4n) is 16.3. The molecule has 0 spiro atoms. The summed E-state index contributed by atoms with van der Waals surface area (Å²) in [7, 11) is -3.96. The molecule has 0 unspecified atom stereocenters. The first-order valence-corrected chi connectivity index (χ1v) is 36.1. The second-order valence-electron chi connectivity index (χ2n) is 25.7. The van der Waals surface area contributed by atoms with Gasteiger partial charge in [0.1, 0.15) is 0 Å². The Labute approximate surface area is 613 Å². The molecule has 2 aliphatic rings. The standard InChI is InChI=1S/C96H62BClN2Si/c98-88-58-57-86-96-91(88)82-48-26-25-44-78(82)77-43-20-23-46-80(77)84-52-28-50-74(66-33-11-3-12-34-66)94(84)100(96)90-62-68(63-29-7-1-8-30-63)61-89-92(90)97(86)87-60-67(64-53-55-72(56-54-64)101(69-35-13-4-14-36-69,70-37-15-5-16-38-70)71-39-17-6-18-40-71)59-85-81-47-24-21-42-76(81)75-41-19-22-45-79(75)83-51-27-49-73(65-31-9-2-10-32-65)93(83)99(89)95(85)87/h1-62H/i1D,7D,8D,29D,30D,53D,54D,55D,56D,57D,58D,59D,60D,61D,62D. The van der Waals surface area contributed by atoms with Crippen molar-refractivity contribution >= 4 is 150 Å². The van der Waals surface area contributed by atoms with Crippen molar-refractivity contribution in [3.05, 3.63) is 381 Å². The minimum absolute atomic E-state index is 0.0218. The Morgan fingerprint density at radius 1 is 0.267 bits per heavy atom. The number of nitrogens with zero attached hydrogens (tertiary/aromatic N) is 2. The van der Waals surface area contributed by atoms with E-state index in [4.69, 9.17) is 13.0 Å². The van der Waals surface area contributed by atoms with Crippen LogP contribution >= 0.6 is 11.6 Å². The second kappa shape index (κ2) is 23.7. The van der Waals surface area contributed by atoms with E-state index in [9.17, 15) is 19.2 Å². The third-order valence-electron chi connectivity index (χ3n) is 20.5. The highest BCUT2D eigenvalue weighted by atomic mass is 35.5. The van der Waals surface area contributed by atoms with Gasteiger partial charge in [0.2, 0.25) is 0 Å². The zero-order valence-corrected chi connectivity index (χ0v) is 55.7. The number of hydrogen-bond donors (Lipinski definition) is 0. The summed E-state index contributed by atoms with van der Waals surface area (Å²) in [4.78, 5) is 0. The molecule has 5 heteroatoms. The van der Waals surface area contributed by atoms with Crippen molar-refractivity contribution in [1.29, 1.82) is 0 Å². The predicted molar refractivity (Wildman–Crippen MR) is 435 cm³/mol. The predicted octanol–water partition coefficient (Wildman–Crippen LogP) is 20.6. The van der Waals surface area contributed by atoms with Crippen LogP contribution in [-0.2, 0) is 0 Å². The van der Waals surface area contributed by atoms with Crippen LogP contribution in [0, 0.1) is 0 Å². The van der Waals surface area contributed by atoms with Crippen molar-refractivity contribution in [2.75, 3.05) is 0 Å². The molecule has 0 fully saturated rings. The average molecular weight is 1330 g/mol. The lowest BCUT2D eigenvalue weighted by Gasteiger charge is -2.37. The van der Waals surface area contributed by atoms with Gasteiger partial charge in [0.05, 0.1) is 42.1 Å². The third kappa shape index (κ3) is 9.05. The van der Waals surface area contributed by atoms with E-state index in [1.54, 1.807) is 0 Å². The van der Waals surface area contributed by atoms with Crippen molar-refractivity contribution in [2.45, 2.75) is 0 Å². The molecule has 0 aliphatic carbocycles. The minimum atomic E-state index is -3.96. The smallest absolute Gasteiger partial charge is 0.252 e. The Bertz CT molecular complexity index is 7380. The maximum atomic E-state index is 12.0. The van der Waals surface area contributed by atoms with Crippen molar-refractivity contribution in [1.82, 2.24) is 9.13 Å². The van der Waals surface area contributed by atoms with E-state index in [-0.39, 0.29) is 76.5 Å². The Balaban J connectivity index is 1.13. The van der Waals surface area contributed by atoms with Crippen LogP contribution in [0.25, 0.3) is 143 Å². The summed E-state index contributed by atoms with van der Waals surface area (Å²) in [5.41, 5.74) is 2.25. The molecule has 2 nitrogen and oxygen atoms in total.